The summed E-state index contributed by atoms with van der Waals surface area (Å²) in [6.45, 7) is 0. The number of methoxy groups -OCH3 is 1. The minimum atomic E-state index is -1.08. The fraction of sp³-hybridized carbons (Fsp3) is 0.0909. The third-order valence-electron chi connectivity index (χ3n) is 4.54. The number of hydrogen-bond acceptors (Lipinski definition) is 4. The van der Waals surface area contributed by atoms with Crippen LogP contribution in [0.4, 0.5) is 0 Å². The van der Waals surface area contributed by atoms with E-state index in [1.165, 1.54) is 12.2 Å². The Morgan fingerprint density at radius 2 is 1.50 bits per heavy atom. The molecule has 2 aromatic rings. The second-order valence-electron chi connectivity index (χ2n) is 6.10. The molecule has 0 atom stereocenters. The van der Waals surface area contributed by atoms with Crippen LogP contribution in [-0.4, -0.2) is 24.5 Å². The second kappa shape index (κ2) is 6.15. The highest BCUT2D eigenvalue weighted by Gasteiger charge is 2.46. The van der Waals surface area contributed by atoms with Crippen molar-refractivity contribution in [3.8, 4) is 5.75 Å². The first-order chi connectivity index (χ1) is 12.6. The molecule has 0 saturated heterocycles. The highest BCUT2D eigenvalue weighted by Crippen LogP contribution is 2.46. The highest BCUT2D eigenvalue weighted by atomic mass is 16.6. The summed E-state index contributed by atoms with van der Waals surface area (Å²) in [5.41, 5.74) is 1.75. The normalized spacial score (nSPS) is 17.7. The van der Waals surface area contributed by atoms with E-state index < -0.39 is 11.6 Å². The largest absolute Gasteiger partial charge is 0.497 e. The molecule has 1 spiro atoms. The number of esters is 1. The zero-order valence-corrected chi connectivity index (χ0v) is 14.1. The Kier molecular flexibility index (Phi) is 3.81. The Morgan fingerprint density at radius 1 is 0.846 bits per heavy atom. The lowest BCUT2D eigenvalue weighted by Gasteiger charge is -2.26. The Balaban J connectivity index is 1.97. The van der Waals surface area contributed by atoms with Crippen LogP contribution in [0.3, 0.4) is 0 Å². The summed E-state index contributed by atoms with van der Waals surface area (Å²) >= 11 is 0. The van der Waals surface area contributed by atoms with Crippen molar-refractivity contribution in [1.82, 2.24) is 0 Å². The van der Waals surface area contributed by atoms with Gasteiger partial charge in [-0.05, 0) is 47.6 Å². The van der Waals surface area contributed by atoms with E-state index in [1.807, 2.05) is 54.6 Å². The first-order valence-corrected chi connectivity index (χ1v) is 8.23. The summed E-state index contributed by atoms with van der Waals surface area (Å²) < 4.78 is 11.0. The predicted octanol–water partition coefficient (Wildman–Crippen LogP) is 3.60. The summed E-state index contributed by atoms with van der Waals surface area (Å²) in [7, 11) is 1.60. The molecule has 0 aromatic heterocycles. The van der Waals surface area contributed by atoms with Gasteiger partial charge < -0.3 is 9.47 Å². The number of ketones is 1. The number of allylic oxidation sites excluding steroid dienone is 2. The van der Waals surface area contributed by atoms with E-state index in [9.17, 15) is 9.59 Å². The van der Waals surface area contributed by atoms with E-state index in [0.717, 1.165) is 22.4 Å². The maximum Gasteiger partial charge on any atom is 0.340 e. The van der Waals surface area contributed by atoms with Gasteiger partial charge in [-0.3, -0.25) is 4.79 Å². The van der Waals surface area contributed by atoms with Crippen molar-refractivity contribution >= 4 is 22.9 Å². The average Bonchev–Trinajstić information content (AvgIpc) is 2.97. The van der Waals surface area contributed by atoms with Crippen molar-refractivity contribution in [3.05, 3.63) is 90.0 Å². The molecular formula is C22H16O4. The van der Waals surface area contributed by atoms with Crippen molar-refractivity contribution in [2.75, 3.05) is 7.11 Å². The van der Waals surface area contributed by atoms with E-state index in [-0.39, 0.29) is 5.78 Å². The molecule has 4 heteroatoms. The van der Waals surface area contributed by atoms with Crippen molar-refractivity contribution in [2.24, 2.45) is 0 Å². The third-order valence-corrected chi connectivity index (χ3v) is 4.54. The molecule has 0 unspecified atom stereocenters. The zero-order valence-electron chi connectivity index (χ0n) is 14.1. The minimum Gasteiger partial charge on any atom is -0.497 e. The Morgan fingerprint density at radius 3 is 2.12 bits per heavy atom. The molecule has 1 heterocycles. The fourth-order valence-electron chi connectivity index (χ4n) is 3.31. The first kappa shape index (κ1) is 16.1. The molecule has 1 aliphatic heterocycles. The number of benzene rings is 2. The number of rotatable bonds is 3. The van der Waals surface area contributed by atoms with Gasteiger partial charge in [-0.25, -0.2) is 4.79 Å². The van der Waals surface area contributed by atoms with Crippen LogP contribution in [-0.2, 0) is 14.3 Å². The zero-order chi connectivity index (χ0) is 18.1. The lowest BCUT2D eigenvalue weighted by Crippen LogP contribution is -2.28. The lowest BCUT2D eigenvalue weighted by molar-refractivity contribution is -0.139. The van der Waals surface area contributed by atoms with Crippen molar-refractivity contribution in [1.29, 1.82) is 0 Å². The van der Waals surface area contributed by atoms with Crippen LogP contribution >= 0.6 is 0 Å². The van der Waals surface area contributed by atoms with Gasteiger partial charge in [-0.1, -0.05) is 42.5 Å². The molecule has 0 radical (unpaired) electrons. The van der Waals surface area contributed by atoms with Gasteiger partial charge in [0.25, 0.3) is 0 Å². The average molecular weight is 344 g/mol. The number of carbonyl (C=O) groups excluding carboxylic acids is 2. The quantitative estimate of drug-likeness (QED) is 0.799. The molecule has 4 nitrogen and oxygen atoms in total. The van der Waals surface area contributed by atoms with Gasteiger partial charge in [0.1, 0.15) is 5.75 Å². The smallest absolute Gasteiger partial charge is 0.340 e. The Labute approximate surface area is 151 Å². The maximum absolute atomic E-state index is 12.8. The monoisotopic (exact) mass is 344 g/mol. The summed E-state index contributed by atoms with van der Waals surface area (Å²) in [4.78, 5) is 24.4. The van der Waals surface area contributed by atoms with Gasteiger partial charge >= 0.3 is 5.97 Å². The molecular weight excluding hydrogens is 328 g/mol. The van der Waals surface area contributed by atoms with Gasteiger partial charge in [0.2, 0.25) is 0 Å². The number of hydrogen-bond donors (Lipinski definition) is 0. The van der Waals surface area contributed by atoms with Gasteiger partial charge in [-0.2, -0.15) is 0 Å². The van der Waals surface area contributed by atoms with E-state index in [0.29, 0.717) is 5.57 Å². The topological polar surface area (TPSA) is 52.6 Å². The molecule has 0 N–H and O–H groups in total. The van der Waals surface area contributed by atoms with Gasteiger partial charge in [-0.15, -0.1) is 0 Å². The maximum atomic E-state index is 12.8. The standard InChI is InChI=1S/C22H16O4/c1-25-18-9-7-16(8-10-18)20-19(15-5-3-2-4-6-15)21(24)26-22(20)13-11-17(23)12-14-22/h2-14H,1H3. The summed E-state index contributed by atoms with van der Waals surface area (Å²) in [6.07, 6.45) is 6.15. The second-order valence-corrected chi connectivity index (χ2v) is 6.10. The first-order valence-electron chi connectivity index (χ1n) is 8.23. The van der Waals surface area contributed by atoms with Gasteiger partial charge in [0.15, 0.2) is 11.4 Å². The van der Waals surface area contributed by atoms with Crippen LogP contribution < -0.4 is 4.74 Å². The van der Waals surface area contributed by atoms with Gasteiger partial charge in [0, 0.05) is 5.57 Å². The van der Waals surface area contributed by atoms with Crippen molar-refractivity contribution in [2.45, 2.75) is 5.60 Å². The molecule has 1 aliphatic carbocycles. The minimum absolute atomic E-state index is 0.131. The Bertz CT molecular complexity index is 947. The SMILES string of the molecule is COc1ccc(C2=C(c3ccccc3)C(=O)OC23C=CC(=O)C=C3)cc1. The van der Waals surface area contributed by atoms with Crippen LogP contribution in [0.1, 0.15) is 11.1 Å². The molecule has 26 heavy (non-hydrogen) atoms. The molecule has 2 aliphatic rings. The number of carbonyl (C=O) groups is 2. The van der Waals surface area contributed by atoms with E-state index in [4.69, 9.17) is 9.47 Å². The van der Waals surface area contributed by atoms with Gasteiger partial charge in [0.05, 0.1) is 12.7 Å². The van der Waals surface area contributed by atoms with Crippen LogP contribution in [0.15, 0.2) is 78.9 Å². The summed E-state index contributed by atoms with van der Waals surface area (Å²) in [5.74, 6) is 0.180. The van der Waals surface area contributed by atoms with Crippen LogP contribution in [0.5, 0.6) is 5.75 Å². The fourth-order valence-corrected chi connectivity index (χ4v) is 3.31. The molecule has 4 rings (SSSR count). The number of ether oxygens (including phenoxy) is 2. The van der Waals surface area contributed by atoms with Crippen LogP contribution in [0, 0.1) is 0 Å². The molecule has 2 aromatic carbocycles. The third kappa shape index (κ3) is 2.56. The van der Waals surface area contributed by atoms with E-state index in [2.05, 4.69) is 0 Å². The summed E-state index contributed by atoms with van der Waals surface area (Å²) in [6, 6.07) is 16.8. The molecule has 128 valence electrons. The molecule has 0 fully saturated rings. The van der Waals surface area contributed by atoms with E-state index in [1.54, 1.807) is 19.3 Å². The molecule has 0 bridgehead atoms. The molecule has 0 amide bonds. The van der Waals surface area contributed by atoms with Crippen LogP contribution in [0.25, 0.3) is 11.1 Å². The van der Waals surface area contributed by atoms with E-state index >= 15 is 0 Å². The molecule has 0 saturated carbocycles. The lowest BCUT2D eigenvalue weighted by atomic mass is 9.82. The van der Waals surface area contributed by atoms with Crippen molar-refractivity contribution < 1.29 is 19.1 Å². The summed E-state index contributed by atoms with van der Waals surface area (Å²) in [5, 5.41) is 0. The Hall–Kier alpha value is -3.40. The van der Waals surface area contributed by atoms with Crippen LogP contribution in [0.2, 0.25) is 0 Å². The highest BCUT2D eigenvalue weighted by molar-refractivity contribution is 6.30. The van der Waals surface area contributed by atoms with Crippen molar-refractivity contribution in [3.63, 3.8) is 0 Å². The predicted molar refractivity (Wildman–Crippen MR) is 98.4 cm³/mol.